The van der Waals surface area contributed by atoms with E-state index in [-0.39, 0.29) is 10.6 Å². The predicted molar refractivity (Wildman–Crippen MR) is 72.7 cm³/mol. The first kappa shape index (κ1) is 14.6. The van der Waals surface area contributed by atoms with Gasteiger partial charge >= 0.3 is 0 Å². The summed E-state index contributed by atoms with van der Waals surface area (Å²) >= 11 is 0. The van der Waals surface area contributed by atoms with Gasteiger partial charge in [-0.3, -0.25) is 10.1 Å². The number of nitro benzene ring substituents is 1. The first-order chi connectivity index (χ1) is 8.67. The molecule has 0 atom stereocenters. The largest absolute Gasteiger partial charge is 0.303 e. The zero-order valence-corrected chi connectivity index (χ0v) is 11.2. The van der Waals surface area contributed by atoms with Gasteiger partial charge in [-0.1, -0.05) is 26.0 Å². The molecule has 0 bridgehead atoms. The molecule has 0 aliphatic heterocycles. The molecule has 0 unspecified atom stereocenters. The van der Waals surface area contributed by atoms with Crippen LogP contribution in [0.3, 0.4) is 0 Å². The third-order valence-corrected chi connectivity index (χ3v) is 2.81. The summed E-state index contributed by atoms with van der Waals surface area (Å²) in [4.78, 5) is 12.7. The number of rotatable bonds is 8. The number of hydrogen-bond acceptors (Lipinski definition) is 3. The van der Waals surface area contributed by atoms with Gasteiger partial charge in [0.25, 0.3) is 5.69 Å². The van der Waals surface area contributed by atoms with Crippen LogP contribution in [0.1, 0.15) is 32.3 Å². The molecule has 4 heteroatoms. The fraction of sp³-hybridized carbons (Fsp3) is 0.571. The molecule has 0 fully saturated rings. The minimum Gasteiger partial charge on any atom is -0.303 e. The molecule has 0 saturated carbocycles. The van der Waals surface area contributed by atoms with Gasteiger partial charge in [0.15, 0.2) is 0 Å². The summed E-state index contributed by atoms with van der Waals surface area (Å²) in [5.41, 5.74) is 0.978. The van der Waals surface area contributed by atoms with Crippen LogP contribution in [-0.4, -0.2) is 29.5 Å². The lowest BCUT2D eigenvalue weighted by atomic mass is 10.1. The smallest absolute Gasteiger partial charge is 0.277 e. The minimum absolute atomic E-state index is 0.0602. The summed E-state index contributed by atoms with van der Waals surface area (Å²) in [5, 5.41) is 10.7. The maximum absolute atomic E-state index is 10.7. The molecule has 1 aromatic rings. The molecule has 99 valence electrons. The Bertz CT molecular complexity index is 374. The van der Waals surface area contributed by atoms with Crippen molar-refractivity contribution in [2.45, 2.75) is 33.1 Å². The molecule has 0 aliphatic rings. The fourth-order valence-corrected chi connectivity index (χ4v) is 2.00. The Morgan fingerprint density at radius 2 is 1.89 bits per heavy atom. The van der Waals surface area contributed by atoms with Gasteiger partial charge in [-0.05, 0) is 37.9 Å². The summed E-state index contributed by atoms with van der Waals surface area (Å²) in [6, 6.07) is 7.98. The van der Waals surface area contributed by atoms with Crippen molar-refractivity contribution in [3.05, 3.63) is 39.9 Å². The van der Waals surface area contributed by atoms with E-state index in [9.17, 15) is 10.1 Å². The van der Waals surface area contributed by atoms with E-state index >= 15 is 0 Å². The molecule has 0 spiro atoms. The van der Waals surface area contributed by atoms with Crippen molar-refractivity contribution in [3.8, 4) is 0 Å². The lowest BCUT2D eigenvalue weighted by molar-refractivity contribution is -0.385. The van der Waals surface area contributed by atoms with E-state index in [1.165, 1.54) is 6.07 Å². The van der Waals surface area contributed by atoms with Crippen molar-refractivity contribution in [2.24, 2.45) is 0 Å². The quantitative estimate of drug-likeness (QED) is 0.525. The van der Waals surface area contributed by atoms with Crippen molar-refractivity contribution >= 4 is 5.69 Å². The zero-order valence-electron chi connectivity index (χ0n) is 11.2. The van der Waals surface area contributed by atoms with E-state index in [0.29, 0.717) is 0 Å². The Hall–Kier alpha value is -1.42. The standard InChI is InChI=1S/C14H21N2O2/c1-3-9-15(10-4-2)11-8-13-6-5-7-14(12-13)16(17)18/h5-7H,3-4,8-11H2,1-2H3. The summed E-state index contributed by atoms with van der Waals surface area (Å²) in [6.45, 7) is 7.45. The third-order valence-electron chi connectivity index (χ3n) is 2.81. The van der Waals surface area contributed by atoms with Crippen LogP contribution in [0.15, 0.2) is 18.2 Å². The summed E-state index contributed by atoms with van der Waals surface area (Å²) in [5.74, 6) is 0. The van der Waals surface area contributed by atoms with Gasteiger partial charge in [0.1, 0.15) is 0 Å². The van der Waals surface area contributed by atoms with Gasteiger partial charge in [0, 0.05) is 12.6 Å². The molecule has 0 amide bonds. The predicted octanol–water partition coefficient (Wildman–Crippen LogP) is 3.06. The highest BCUT2D eigenvalue weighted by Gasteiger charge is 2.08. The summed E-state index contributed by atoms with van der Waals surface area (Å²) in [7, 11) is 0. The molecule has 1 aromatic carbocycles. The second-order valence-electron chi connectivity index (χ2n) is 4.41. The molecule has 0 heterocycles. The van der Waals surface area contributed by atoms with E-state index in [1.807, 2.05) is 6.07 Å². The van der Waals surface area contributed by atoms with Gasteiger partial charge in [-0.15, -0.1) is 0 Å². The van der Waals surface area contributed by atoms with E-state index in [4.69, 9.17) is 0 Å². The highest BCUT2D eigenvalue weighted by atomic mass is 16.6. The third kappa shape index (κ3) is 4.84. The Morgan fingerprint density at radius 1 is 1.22 bits per heavy atom. The first-order valence-corrected chi connectivity index (χ1v) is 6.55. The van der Waals surface area contributed by atoms with Crippen LogP contribution in [-0.2, 0) is 6.42 Å². The van der Waals surface area contributed by atoms with E-state index in [0.717, 1.165) is 44.5 Å². The number of non-ortho nitro benzene ring substituents is 1. The van der Waals surface area contributed by atoms with Crippen LogP contribution >= 0.6 is 0 Å². The highest BCUT2D eigenvalue weighted by Crippen LogP contribution is 2.12. The number of nitrogens with zero attached hydrogens (tertiary/aromatic N) is 2. The lowest BCUT2D eigenvalue weighted by Crippen LogP contribution is -2.27. The highest BCUT2D eigenvalue weighted by molar-refractivity contribution is 5.32. The molecule has 1 radical (unpaired) electrons. The summed E-state index contributed by atoms with van der Waals surface area (Å²) < 4.78 is 0. The normalized spacial score (nSPS) is 10.8. The minimum atomic E-state index is -0.390. The molecular formula is C14H21N2O2. The summed E-state index contributed by atoms with van der Waals surface area (Å²) in [6.07, 6.45) is 3.10. The Morgan fingerprint density at radius 3 is 2.44 bits per heavy atom. The monoisotopic (exact) mass is 249 g/mol. The van der Waals surface area contributed by atoms with Gasteiger partial charge < -0.3 is 4.90 Å². The van der Waals surface area contributed by atoms with Crippen molar-refractivity contribution in [1.82, 2.24) is 4.90 Å². The van der Waals surface area contributed by atoms with E-state index in [2.05, 4.69) is 24.8 Å². The van der Waals surface area contributed by atoms with Gasteiger partial charge in [0.05, 0.1) is 11.0 Å². The van der Waals surface area contributed by atoms with Gasteiger partial charge in [0.2, 0.25) is 0 Å². The Kier molecular flexibility index (Phi) is 6.36. The molecular weight excluding hydrogens is 228 g/mol. The molecule has 1 rings (SSSR count). The van der Waals surface area contributed by atoms with Crippen LogP contribution in [0.4, 0.5) is 5.69 Å². The zero-order chi connectivity index (χ0) is 13.4. The molecule has 0 saturated heterocycles. The van der Waals surface area contributed by atoms with Gasteiger partial charge in [-0.2, -0.15) is 0 Å². The fourth-order valence-electron chi connectivity index (χ4n) is 2.00. The Balaban J connectivity index is 2.55. The van der Waals surface area contributed by atoms with Crippen molar-refractivity contribution in [1.29, 1.82) is 0 Å². The maximum atomic E-state index is 10.7. The molecule has 0 N–H and O–H groups in total. The molecule has 18 heavy (non-hydrogen) atoms. The van der Waals surface area contributed by atoms with Crippen LogP contribution < -0.4 is 0 Å². The van der Waals surface area contributed by atoms with Crippen LogP contribution in [0, 0.1) is 16.2 Å². The Labute approximate surface area is 109 Å². The maximum Gasteiger partial charge on any atom is 0.277 e. The van der Waals surface area contributed by atoms with Crippen molar-refractivity contribution in [2.75, 3.05) is 19.6 Å². The second-order valence-corrected chi connectivity index (χ2v) is 4.41. The molecule has 0 aromatic heterocycles. The topological polar surface area (TPSA) is 46.4 Å². The first-order valence-electron chi connectivity index (χ1n) is 6.55. The van der Waals surface area contributed by atoms with Crippen molar-refractivity contribution in [3.63, 3.8) is 0 Å². The number of benzene rings is 1. The van der Waals surface area contributed by atoms with Gasteiger partial charge in [-0.25, -0.2) is 0 Å². The van der Waals surface area contributed by atoms with E-state index in [1.54, 1.807) is 6.07 Å². The van der Waals surface area contributed by atoms with Crippen molar-refractivity contribution < 1.29 is 4.92 Å². The van der Waals surface area contributed by atoms with Crippen LogP contribution in [0.5, 0.6) is 0 Å². The SMILES string of the molecule is CCCN(CCC)CCc1[c]c([N+](=O)[O-])ccc1. The average Bonchev–Trinajstić information content (AvgIpc) is 2.37. The lowest BCUT2D eigenvalue weighted by Gasteiger charge is -2.20. The van der Waals surface area contributed by atoms with Crippen LogP contribution in [0.25, 0.3) is 0 Å². The van der Waals surface area contributed by atoms with E-state index < -0.39 is 0 Å². The van der Waals surface area contributed by atoms with Crippen LogP contribution in [0.2, 0.25) is 0 Å². The molecule has 4 nitrogen and oxygen atoms in total. The number of hydrogen-bond donors (Lipinski definition) is 0. The molecule has 0 aliphatic carbocycles. The second kappa shape index (κ2) is 7.82. The number of nitro groups is 1. The average molecular weight is 249 g/mol.